The van der Waals surface area contributed by atoms with Gasteiger partial charge in [0.05, 0.1) is 0 Å². The third kappa shape index (κ3) is 3.63. The second-order valence-corrected chi connectivity index (χ2v) is 8.60. The first kappa shape index (κ1) is 20.4. The molecule has 0 saturated carbocycles. The third-order valence-corrected chi connectivity index (χ3v) is 6.21. The van der Waals surface area contributed by atoms with Crippen LogP contribution in [0.4, 0.5) is 0 Å². The minimum absolute atomic E-state index is 0.605. The maximum absolute atomic E-state index is 5.97. The van der Waals surface area contributed by atoms with E-state index in [0.29, 0.717) is 11.8 Å². The largest absolute Gasteiger partial charge is 0.436 e. The molecule has 3 aromatic heterocycles. The van der Waals surface area contributed by atoms with Gasteiger partial charge in [0.15, 0.2) is 11.2 Å². The number of hydrogen-bond donors (Lipinski definition) is 0. The average molecular weight is 466 g/mol. The monoisotopic (exact) mass is 465 g/mol. The molecule has 0 amide bonds. The minimum atomic E-state index is 0.605. The lowest BCUT2D eigenvalue weighted by molar-refractivity contribution is 0.619. The molecule has 0 aliphatic heterocycles. The van der Waals surface area contributed by atoms with E-state index in [1.54, 1.807) is 0 Å². The Bertz CT molecular complexity index is 1670. The Morgan fingerprint density at radius 3 is 1.36 bits per heavy atom. The summed E-state index contributed by atoms with van der Waals surface area (Å²) in [6.07, 6.45) is 3.75. The van der Waals surface area contributed by atoms with Crippen LogP contribution in [0.5, 0.6) is 0 Å². The molecule has 4 aromatic carbocycles. The van der Waals surface area contributed by atoms with Crippen molar-refractivity contribution in [3.05, 3.63) is 116 Å². The molecule has 5 nitrogen and oxygen atoms in total. The van der Waals surface area contributed by atoms with Gasteiger partial charge < -0.3 is 8.83 Å². The van der Waals surface area contributed by atoms with Gasteiger partial charge in [0, 0.05) is 34.6 Å². The van der Waals surface area contributed by atoms with Gasteiger partial charge in [0.25, 0.3) is 0 Å². The van der Waals surface area contributed by atoms with Gasteiger partial charge in [-0.2, -0.15) is 0 Å². The molecular weight excluding hydrogens is 446 g/mol. The van der Waals surface area contributed by atoms with Crippen LogP contribution in [0.1, 0.15) is 0 Å². The van der Waals surface area contributed by atoms with E-state index in [1.807, 2.05) is 85.2 Å². The number of nitrogens with zero attached hydrogens (tertiary/aromatic N) is 3. The van der Waals surface area contributed by atoms with E-state index in [4.69, 9.17) is 8.83 Å². The highest BCUT2D eigenvalue weighted by Gasteiger charge is 2.12. The van der Waals surface area contributed by atoms with E-state index in [9.17, 15) is 0 Å². The van der Waals surface area contributed by atoms with Crippen molar-refractivity contribution in [2.75, 3.05) is 0 Å². The van der Waals surface area contributed by atoms with Crippen LogP contribution < -0.4 is 0 Å². The Morgan fingerprint density at radius 1 is 0.417 bits per heavy atom. The summed E-state index contributed by atoms with van der Waals surface area (Å²) in [5, 5.41) is 0. The first-order valence-electron chi connectivity index (χ1n) is 11.7. The smallest absolute Gasteiger partial charge is 0.227 e. The van der Waals surface area contributed by atoms with Crippen LogP contribution >= 0.6 is 0 Å². The van der Waals surface area contributed by atoms with Crippen molar-refractivity contribution in [1.82, 2.24) is 15.0 Å². The molecule has 7 rings (SSSR count). The van der Waals surface area contributed by atoms with Gasteiger partial charge in [-0.05, 0) is 65.7 Å². The Kier molecular flexibility index (Phi) is 4.71. The Labute approximate surface area is 206 Å². The lowest BCUT2D eigenvalue weighted by atomic mass is 9.99. The zero-order valence-corrected chi connectivity index (χ0v) is 19.1. The molecule has 0 unspecified atom stereocenters. The number of oxazole rings is 2. The van der Waals surface area contributed by atoms with E-state index in [0.717, 1.165) is 55.6 Å². The van der Waals surface area contributed by atoms with Gasteiger partial charge in [0.2, 0.25) is 11.8 Å². The maximum Gasteiger partial charge on any atom is 0.227 e. The molecular formula is C31H19N3O2. The second kappa shape index (κ2) is 8.32. The van der Waals surface area contributed by atoms with Crippen LogP contribution in [-0.4, -0.2) is 15.0 Å². The molecule has 0 spiro atoms. The first-order chi connectivity index (χ1) is 17.8. The summed E-state index contributed by atoms with van der Waals surface area (Å²) in [6, 6.07) is 34.1. The number of fused-ring (bicyclic) bond motifs is 2. The topological polar surface area (TPSA) is 65.0 Å². The van der Waals surface area contributed by atoms with Gasteiger partial charge in [-0.25, -0.2) is 9.97 Å². The molecule has 7 aromatic rings. The minimum Gasteiger partial charge on any atom is -0.436 e. The Balaban J connectivity index is 1.24. The standard InChI is InChI=1S/C31H19N3O2/c1-3-13-28-26(11-1)33-30(35-28)22-9-5-7-20(15-22)24-17-25(19-32-18-24)21-8-6-10-23(16-21)31-34-27-12-2-4-14-29(27)36-31/h1-19H. The molecule has 0 N–H and O–H groups in total. The van der Waals surface area contributed by atoms with Crippen LogP contribution in [0, 0.1) is 0 Å². The molecule has 0 saturated heterocycles. The molecule has 0 atom stereocenters. The molecule has 3 heterocycles. The summed E-state index contributed by atoms with van der Waals surface area (Å²) >= 11 is 0. The highest BCUT2D eigenvalue weighted by Crippen LogP contribution is 2.32. The van der Waals surface area contributed by atoms with Crippen molar-refractivity contribution < 1.29 is 8.83 Å². The van der Waals surface area contributed by atoms with Gasteiger partial charge in [-0.3, -0.25) is 4.98 Å². The average Bonchev–Trinajstić information content (AvgIpc) is 3.58. The van der Waals surface area contributed by atoms with E-state index < -0.39 is 0 Å². The molecule has 0 radical (unpaired) electrons. The quantitative estimate of drug-likeness (QED) is 0.263. The Hall–Kier alpha value is -5.03. The first-order valence-corrected chi connectivity index (χ1v) is 11.7. The van der Waals surface area contributed by atoms with Gasteiger partial charge in [-0.15, -0.1) is 0 Å². The van der Waals surface area contributed by atoms with Crippen molar-refractivity contribution in [3.8, 4) is 45.2 Å². The number of hydrogen-bond acceptors (Lipinski definition) is 5. The molecule has 0 fully saturated rings. The summed E-state index contributed by atoms with van der Waals surface area (Å²) in [5.41, 5.74) is 9.20. The van der Waals surface area contributed by atoms with Gasteiger partial charge in [0.1, 0.15) is 11.0 Å². The van der Waals surface area contributed by atoms with Gasteiger partial charge >= 0.3 is 0 Å². The second-order valence-electron chi connectivity index (χ2n) is 8.60. The van der Waals surface area contributed by atoms with Crippen LogP contribution in [0.15, 0.2) is 124 Å². The lowest BCUT2D eigenvalue weighted by Gasteiger charge is -2.07. The number of benzene rings is 4. The SMILES string of the molecule is c1cc(-c2cncc(-c3cccc(-c4nc5ccccc5o4)c3)c2)cc(-c2nc3ccccc3o2)c1. The summed E-state index contributed by atoms with van der Waals surface area (Å²) in [4.78, 5) is 13.8. The number of rotatable bonds is 4. The van der Waals surface area contributed by atoms with E-state index in [2.05, 4.69) is 45.3 Å². The van der Waals surface area contributed by atoms with Crippen LogP contribution in [0.3, 0.4) is 0 Å². The molecule has 0 aliphatic rings. The molecule has 5 heteroatoms. The lowest BCUT2D eigenvalue weighted by Crippen LogP contribution is -1.86. The normalized spacial score (nSPS) is 11.3. The van der Waals surface area contributed by atoms with E-state index >= 15 is 0 Å². The predicted octanol–water partition coefficient (Wildman–Crippen LogP) is 8.03. The third-order valence-electron chi connectivity index (χ3n) is 6.21. The fourth-order valence-corrected chi connectivity index (χ4v) is 4.41. The van der Waals surface area contributed by atoms with E-state index in [-0.39, 0.29) is 0 Å². The Morgan fingerprint density at radius 2 is 0.861 bits per heavy atom. The number of aromatic nitrogens is 3. The van der Waals surface area contributed by atoms with E-state index in [1.165, 1.54) is 0 Å². The predicted molar refractivity (Wildman–Crippen MR) is 141 cm³/mol. The van der Waals surface area contributed by atoms with Crippen LogP contribution in [0.25, 0.3) is 67.4 Å². The van der Waals surface area contributed by atoms with Crippen molar-refractivity contribution in [3.63, 3.8) is 0 Å². The zero-order chi connectivity index (χ0) is 23.9. The van der Waals surface area contributed by atoms with Crippen molar-refractivity contribution >= 4 is 22.2 Å². The molecule has 0 bridgehead atoms. The zero-order valence-electron chi connectivity index (χ0n) is 19.1. The van der Waals surface area contributed by atoms with Crippen molar-refractivity contribution in [1.29, 1.82) is 0 Å². The highest BCUT2D eigenvalue weighted by atomic mass is 16.4. The molecule has 170 valence electrons. The maximum atomic E-state index is 5.97. The summed E-state index contributed by atoms with van der Waals surface area (Å²) < 4.78 is 11.9. The summed E-state index contributed by atoms with van der Waals surface area (Å²) in [7, 11) is 0. The molecule has 0 aliphatic carbocycles. The van der Waals surface area contributed by atoms with Crippen molar-refractivity contribution in [2.24, 2.45) is 0 Å². The summed E-state index contributed by atoms with van der Waals surface area (Å²) in [5.74, 6) is 1.21. The van der Waals surface area contributed by atoms with Crippen molar-refractivity contribution in [2.45, 2.75) is 0 Å². The van der Waals surface area contributed by atoms with Crippen LogP contribution in [-0.2, 0) is 0 Å². The fourth-order valence-electron chi connectivity index (χ4n) is 4.41. The number of pyridine rings is 1. The highest BCUT2D eigenvalue weighted by molar-refractivity contribution is 5.80. The fraction of sp³-hybridized carbons (Fsp3) is 0. The molecule has 36 heavy (non-hydrogen) atoms. The van der Waals surface area contributed by atoms with Gasteiger partial charge in [-0.1, -0.05) is 48.5 Å². The number of para-hydroxylation sites is 4. The van der Waals surface area contributed by atoms with Crippen LogP contribution in [0.2, 0.25) is 0 Å². The summed E-state index contributed by atoms with van der Waals surface area (Å²) in [6.45, 7) is 0.